The molecule has 0 spiro atoms. The number of nitrogens with zero attached hydrogens (tertiary/aromatic N) is 2. The molecule has 5 rings (SSSR count). The smallest absolute Gasteiger partial charge is 0.255 e. The Morgan fingerprint density at radius 2 is 1.87 bits per heavy atom. The Labute approximate surface area is 174 Å². The number of carbonyl (C=O) groups is 1. The van der Waals surface area contributed by atoms with E-state index in [1.54, 1.807) is 12.3 Å². The highest BCUT2D eigenvalue weighted by Crippen LogP contribution is 2.38. The third-order valence-electron chi connectivity index (χ3n) is 5.77. The summed E-state index contributed by atoms with van der Waals surface area (Å²) in [5, 5.41) is 2.88. The van der Waals surface area contributed by atoms with Gasteiger partial charge in [0.05, 0.1) is 11.9 Å². The minimum atomic E-state index is -0.410. The number of aromatic nitrogens is 2. The lowest BCUT2D eigenvalue weighted by molar-refractivity contribution is 0.102. The molecule has 1 aliphatic carbocycles. The lowest BCUT2D eigenvalue weighted by Gasteiger charge is -2.11. The van der Waals surface area contributed by atoms with E-state index in [-0.39, 0.29) is 5.91 Å². The average Bonchev–Trinajstić information content (AvgIpc) is 3.27. The molecular formula is C25H20FN3O. The van der Waals surface area contributed by atoms with E-state index in [4.69, 9.17) is 0 Å². The van der Waals surface area contributed by atoms with Gasteiger partial charge >= 0.3 is 0 Å². The summed E-state index contributed by atoms with van der Waals surface area (Å²) in [7, 11) is 1.88. The molecule has 1 aliphatic rings. The van der Waals surface area contributed by atoms with Gasteiger partial charge in [-0.1, -0.05) is 36.4 Å². The quantitative estimate of drug-likeness (QED) is 0.446. The molecule has 30 heavy (non-hydrogen) atoms. The van der Waals surface area contributed by atoms with Crippen LogP contribution >= 0.6 is 0 Å². The van der Waals surface area contributed by atoms with Gasteiger partial charge in [0.1, 0.15) is 11.6 Å². The van der Waals surface area contributed by atoms with Gasteiger partial charge < -0.3 is 9.88 Å². The van der Waals surface area contributed by atoms with Crippen molar-refractivity contribution in [2.24, 2.45) is 7.05 Å². The number of carbonyl (C=O) groups excluding carboxylic acids is 1. The second-order valence-corrected chi connectivity index (χ2v) is 7.60. The maximum absolute atomic E-state index is 14.3. The van der Waals surface area contributed by atoms with E-state index in [0.29, 0.717) is 16.8 Å². The number of halogens is 1. The summed E-state index contributed by atoms with van der Waals surface area (Å²) in [6.45, 7) is 1.89. The van der Waals surface area contributed by atoms with E-state index in [1.165, 1.54) is 23.3 Å². The van der Waals surface area contributed by atoms with Crippen LogP contribution in [0.5, 0.6) is 0 Å². The van der Waals surface area contributed by atoms with Gasteiger partial charge in [0.2, 0.25) is 0 Å². The van der Waals surface area contributed by atoms with Gasteiger partial charge in [-0.15, -0.1) is 0 Å². The van der Waals surface area contributed by atoms with E-state index in [0.717, 1.165) is 29.1 Å². The second kappa shape index (κ2) is 6.95. The molecule has 1 N–H and O–H groups in total. The minimum Gasteiger partial charge on any atom is -0.331 e. The van der Waals surface area contributed by atoms with Crippen LogP contribution in [0.2, 0.25) is 0 Å². The molecule has 1 amide bonds. The molecule has 0 radical (unpaired) electrons. The number of aryl methyl sites for hydroxylation is 1. The molecule has 4 nitrogen and oxygen atoms in total. The molecule has 0 fully saturated rings. The highest BCUT2D eigenvalue weighted by molar-refractivity contribution is 6.07. The summed E-state index contributed by atoms with van der Waals surface area (Å²) < 4.78 is 16.2. The van der Waals surface area contributed by atoms with Crippen molar-refractivity contribution in [1.82, 2.24) is 9.55 Å². The standard InChI is InChI=1S/C25H20FN3O/c1-15-27-14-24(29(15)2)17-10-18(26)13-19(11-17)28-25(30)22-9-5-8-21-20-7-4-3-6-16(20)12-23(21)22/h3-11,13-14H,12H2,1-2H3,(H,28,30). The Morgan fingerprint density at radius 3 is 2.67 bits per heavy atom. The van der Waals surface area contributed by atoms with Crippen molar-refractivity contribution in [2.45, 2.75) is 13.3 Å². The van der Waals surface area contributed by atoms with E-state index < -0.39 is 5.82 Å². The van der Waals surface area contributed by atoms with Gasteiger partial charge in [0.25, 0.3) is 5.91 Å². The summed E-state index contributed by atoms with van der Waals surface area (Å²) in [5.41, 5.74) is 6.97. The van der Waals surface area contributed by atoms with Crippen LogP contribution < -0.4 is 5.32 Å². The van der Waals surface area contributed by atoms with E-state index in [1.807, 2.05) is 48.9 Å². The largest absolute Gasteiger partial charge is 0.331 e. The van der Waals surface area contributed by atoms with Crippen LogP contribution in [0, 0.1) is 12.7 Å². The zero-order valence-corrected chi connectivity index (χ0v) is 16.7. The molecule has 0 atom stereocenters. The van der Waals surface area contributed by atoms with Gasteiger partial charge in [0.15, 0.2) is 0 Å². The van der Waals surface area contributed by atoms with Crippen molar-refractivity contribution in [3.63, 3.8) is 0 Å². The first-order valence-corrected chi connectivity index (χ1v) is 9.82. The van der Waals surface area contributed by atoms with Gasteiger partial charge in [-0.25, -0.2) is 9.37 Å². The lowest BCUT2D eigenvalue weighted by Crippen LogP contribution is -2.14. The average molecular weight is 397 g/mol. The van der Waals surface area contributed by atoms with Crippen LogP contribution in [0.15, 0.2) is 66.9 Å². The van der Waals surface area contributed by atoms with Crippen LogP contribution in [0.3, 0.4) is 0 Å². The molecule has 4 aromatic rings. The summed E-state index contributed by atoms with van der Waals surface area (Å²) in [4.78, 5) is 17.4. The van der Waals surface area contributed by atoms with Gasteiger partial charge in [-0.05, 0) is 59.9 Å². The number of anilines is 1. The maximum Gasteiger partial charge on any atom is 0.255 e. The fourth-order valence-corrected chi connectivity index (χ4v) is 4.15. The fraction of sp³-hybridized carbons (Fsp3) is 0.120. The highest BCUT2D eigenvalue weighted by atomic mass is 19.1. The zero-order valence-electron chi connectivity index (χ0n) is 16.7. The zero-order chi connectivity index (χ0) is 20.8. The fourth-order valence-electron chi connectivity index (χ4n) is 4.15. The molecular weight excluding hydrogens is 377 g/mol. The Bertz CT molecular complexity index is 1310. The van der Waals surface area contributed by atoms with Crippen molar-refractivity contribution < 1.29 is 9.18 Å². The van der Waals surface area contributed by atoms with Crippen LogP contribution in [0.1, 0.15) is 27.3 Å². The molecule has 1 heterocycles. The van der Waals surface area contributed by atoms with Crippen molar-refractivity contribution in [3.8, 4) is 22.4 Å². The van der Waals surface area contributed by atoms with Crippen molar-refractivity contribution >= 4 is 11.6 Å². The first-order chi connectivity index (χ1) is 14.5. The summed E-state index contributed by atoms with van der Waals surface area (Å²) >= 11 is 0. The molecule has 1 aromatic heterocycles. The third-order valence-corrected chi connectivity index (χ3v) is 5.77. The molecule has 0 aliphatic heterocycles. The summed E-state index contributed by atoms with van der Waals surface area (Å²) in [6, 6.07) is 18.5. The number of fused-ring (bicyclic) bond motifs is 3. The van der Waals surface area contributed by atoms with Crippen LogP contribution in [0.4, 0.5) is 10.1 Å². The predicted molar refractivity (Wildman–Crippen MR) is 116 cm³/mol. The van der Waals surface area contributed by atoms with Gasteiger partial charge in [-0.3, -0.25) is 4.79 Å². The molecule has 3 aromatic carbocycles. The molecule has 0 saturated heterocycles. The van der Waals surface area contributed by atoms with Crippen LogP contribution in [-0.2, 0) is 13.5 Å². The summed E-state index contributed by atoms with van der Waals surface area (Å²) in [6.07, 6.45) is 2.43. The number of benzene rings is 3. The number of hydrogen-bond acceptors (Lipinski definition) is 2. The third kappa shape index (κ3) is 2.99. The van der Waals surface area contributed by atoms with E-state index in [2.05, 4.69) is 22.4 Å². The van der Waals surface area contributed by atoms with E-state index in [9.17, 15) is 9.18 Å². The first kappa shape index (κ1) is 18.3. The molecule has 0 unspecified atom stereocenters. The lowest BCUT2D eigenvalue weighted by atomic mass is 10.0. The van der Waals surface area contributed by atoms with E-state index >= 15 is 0 Å². The highest BCUT2D eigenvalue weighted by Gasteiger charge is 2.23. The molecule has 0 saturated carbocycles. The van der Waals surface area contributed by atoms with Gasteiger partial charge in [-0.2, -0.15) is 0 Å². The number of imidazole rings is 1. The Balaban J connectivity index is 1.48. The first-order valence-electron chi connectivity index (χ1n) is 9.82. The van der Waals surface area contributed by atoms with Crippen molar-refractivity contribution in [2.75, 3.05) is 5.32 Å². The number of hydrogen-bond donors (Lipinski definition) is 1. The van der Waals surface area contributed by atoms with Crippen LogP contribution in [0.25, 0.3) is 22.4 Å². The Hall–Kier alpha value is -3.73. The molecule has 148 valence electrons. The number of rotatable bonds is 3. The minimum absolute atomic E-state index is 0.239. The molecule has 5 heteroatoms. The maximum atomic E-state index is 14.3. The van der Waals surface area contributed by atoms with Gasteiger partial charge in [0, 0.05) is 23.9 Å². The number of nitrogens with one attached hydrogen (secondary N) is 1. The monoisotopic (exact) mass is 397 g/mol. The normalized spacial score (nSPS) is 11.8. The number of amides is 1. The second-order valence-electron chi connectivity index (χ2n) is 7.60. The van der Waals surface area contributed by atoms with Crippen molar-refractivity contribution in [3.05, 3.63) is 95.2 Å². The topological polar surface area (TPSA) is 46.9 Å². The Kier molecular flexibility index (Phi) is 4.24. The molecule has 0 bridgehead atoms. The van der Waals surface area contributed by atoms with Crippen molar-refractivity contribution in [1.29, 1.82) is 0 Å². The SMILES string of the molecule is Cc1ncc(-c2cc(F)cc(NC(=O)c3cccc4c3Cc3ccccc3-4)c2)n1C. The Morgan fingerprint density at radius 1 is 1.07 bits per heavy atom. The summed E-state index contributed by atoms with van der Waals surface area (Å²) in [5.74, 6) is 0.184. The predicted octanol–water partition coefficient (Wildman–Crippen LogP) is 5.36. The van der Waals surface area contributed by atoms with Crippen LogP contribution in [-0.4, -0.2) is 15.5 Å².